The van der Waals surface area contributed by atoms with Gasteiger partial charge >= 0.3 is 0 Å². The molecule has 2 aromatic rings. The number of aliphatic hydroxyl groups excluding tert-OH is 1. The predicted molar refractivity (Wildman–Crippen MR) is 79.4 cm³/mol. The summed E-state index contributed by atoms with van der Waals surface area (Å²) in [5.74, 6) is 0.429. The first-order valence-corrected chi connectivity index (χ1v) is 7.37. The van der Waals surface area contributed by atoms with E-state index in [4.69, 9.17) is 5.73 Å². The first-order valence-electron chi connectivity index (χ1n) is 6.50. The predicted octanol–water partition coefficient (Wildman–Crippen LogP) is 3.04. The summed E-state index contributed by atoms with van der Waals surface area (Å²) >= 11 is 1.46. The lowest BCUT2D eigenvalue weighted by molar-refractivity contribution is 0.151. The topological polar surface area (TPSA) is 59.1 Å². The Labute approximate surface area is 118 Å². The van der Waals surface area contributed by atoms with Crippen LogP contribution in [0.5, 0.6) is 0 Å². The van der Waals surface area contributed by atoms with E-state index in [2.05, 4.69) is 43.1 Å². The summed E-state index contributed by atoms with van der Waals surface area (Å²) in [4.78, 5) is 4.87. The van der Waals surface area contributed by atoms with Crippen molar-refractivity contribution in [2.75, 3.05) is 6.54 Å². The number of nitrogens with zero attached hydrogens (tertiary/aromatic N) is 1. The van der Waals surface area contributed by atoms with Gasteiger partial charge < -0.3 is 10.8 Å². The maximum Gasteiger partial charge on any atom is 0.0978 e. The normalized spacial score (nSPS) is 14.6. The molecule has 0 spiro atoms. The molecule has 3 nitrogen and oxygen atoms in total. The van der Waals surface area contributed by atoms with Crippen molar-refractivity contribution >= 4 is 11.3 Å². The lowest BCUT2D eigenvalue weighted by Gasteiger charge is -2.21. The van der Waals surface area contributed by atoms with Gasteiger partial charge in [-0.15, -0.1) is 11.3 Å². The molecule has 0 radical (unpaired) electrons. The van der Waals surface area contributed by atoms with Crippen molar-refractivity contribution in [3.8, 4) is 0 Å². The second kappa shape index (κ2) is 6.28. The number of thiazole rings is 1. The number of rotatable bonds is 5. The van der Waals surface area contributed by atoms with Crippen molar-refractivity contribution < 1.29 is 5.11 Å². The van der Waals surface area contributed by atoms with Crippen LogP contribution in [0.2, 0.25) is 0 Å². The third-order valence-electron chi connectivity index (χ3n) is 3.41. The number of aliphatic hydroxyl groups is 1. The Morgan fingerprint density at radius 1 is 1.21 bits per heavy atom. The number of aromatic nitrogens is 1. The number of hydrogen-bond acceptors (Lipinski definition) is 4. The van der Waals surface area contributed by atoms with E-state index in [0.29, 0.717) is 12.5 Å². The van der Waals surface area contributed by atoms with Gasteiger partial charge in [0.05, 0.1) is 16.5 Å². The van der Waals surface area contributed by atoms with E-state index in [1.54, 1.807) is 11.7 Å². The van der Waals surface area contributed by atoms with Crippen LogP contribution in [0.3, 0.4) is 0 Å². The SMILES string of the molecule is CC(C)c1ccc(C(CN)C(O)c2cncs2)cc1. The summed E-state index contributed by atoms with van der Waals surface area (Å²) in [6, 6.07) is 8.36. The van der Waals surface area contributed by atoms with E-state index in [9.17, 15) is 5.11 Å². The lowest BCUT2D eigenvalue weighted by Crippen LogP contribution is -2.19. The van der Waals surface area contributed by atoms with Gasteiger partial charge in [-0.2, -0.15) is 0 Å². The molecule has 0 amide bonds. The average Bonchev–Trinajstić information content (AvgIpc) is 2.94. The van der Waals surface area contributed by atoms with Crippen molar-refractivity contribution in [2.24, 2.45) is 5.73 Å². The monoisotopic (exact) mass is 276 g/mol. The second-order valence-electron chi connectivity index (χ2n) is 5.01. The summed E-state index contributed by atoms with van der Waals surface area (Å²) in [7, 11) is 0. The summed E-state index contributed by atoms with van der Waals surface area (Å²) < 4.78 is 0. The van der Waals surface area contributed by atoms with Crippen LogP contribution in [0.1, 0.15) is 47.8 Å². The summed E-state index contributed by atoms with van der Waals surface area (Å²) in [5.41, 5.74) is 9.94. The Kier molecular flexibility index (Phi) is 4.69. The van der Waals surface area contributed by atoms with Crippen molar-refractivity contribution in [2.45, 2.75) is 31.8 Å². The molecule has 1 aromatic heterocycles. The lowest BCUT2D eigenvalue weighted by atomic mass is 9.91. The summed E-state index contributed by atoms with van der Waals surface area (Å²) in [6.07, 6.45) is 1.13. The van der Waals surface area contributed by atoms with Crippen molar-refractivity contribution in [1.29, 1.82) is 0 Å². The van der Waals surface area contributed by atoms with E-state index in [-0.39, 0.29) is 5.92 Å². The minimum atomic E-state index is -0.581. The van der Waals surface area contributed by atoms with Gasteiger partial charge in [0.1, 0.15) is 0 Å². The zero-order valence-corrected chi connectivity index (χ0v) is 12.1. The van der Waals surface area contributed by atoms with E-state index in [0.717, 1.165) is 10.4 Å². The van der Waals surface area contributed by atoms with Gasteiger partial charge in [0.15, 0.2) is 0 Å². The highest BCUT2D eigenvalue weighted by molar-refractivity contribution is 7.09. The van der Waals surface area contributed by atoms with Gasteiger partial charge in [-0.1, -0.05) is 38.1 Å². The standard InChI is InChI=1S/C15H20N2OS/c1-10(2)11-3-5-12(6-4-11)13(7-16)15(18)14-8-17-9-19-14/h3-6,8-10,13,15,18H,7,16H2,1-2H3. The molecule has 2 unspecified atom stereocenters. The minimum absolute atomic E-state index is 0.0818. The van der Waals surface area contributed by atoms with Gasteiger partial charge in [0.2, 0.25) is 0 Å². The molecule has 0 fully saturated rings. The quantitative estimate of drug-likeness (QED) is 0.882. The Morgan fingerprint density at radius 2 is 1.84 bits per heavy atom. The number of hydrogen-bond donors (Lipinski definition) is 2. The van der Waals surface area contributed by atoms with Crippen LogP contribution in [0, 0.1) is 0 Å². The molecule has 0 aliphatic rings. The molecule has 2 atom stereocenters. The highest BCUT2D eigenvalue weighted by Crippen LogP contribution is 2.32. The van der Waals surface area contributed by atoms with E-state index in [1.165, 1.54) is 16.9 Å². The molecule has 0 saturated heterocycles. The zero-order chi connectivity index (χ0) is 13.8. The fraction of sp³-hybridized carbons (Fsp3) is 0.400. The molecular formula is C15H20N2OS. The van der Waals surface area contributed by atoms with E-state index >= 15 is 0 Å². The molecular weight excluding hydrogens is 256 g/mol. The first kappa shape index (κ1) is 14.2. The molecule has 2 rings (SSSR count). The second-order valence-corrected chi connectivity index (χ2v) is 5.93. The van der Waals surface area contributed by atoms with E-state index < -0.39 is 6.10 Å². The van der Waals surface area contributed by atoms with Gasteiger partial charge in [0, 0.05) is 18.7 Å². The third kappa shape index (κ3) is 3.21. The van der Waals surface area contributed by atoms with Crippen LogP contribution in [-0.2, 0) is 0 Å². The highest BCUT2D eigenvalue weighted by Gasteiger charge is 2.22. The molecule has 0 aliphatic heterocycles. The fourth-order valence-electron chi connectivity index (χ4n) is 2.15. The number of benzene rings is 1. The number of nitrogens with two attached hydrogens (primary N) is 1. The Hall–Kier alpha value is -1.23. The van der Waals surface area contributed by atoms with Crippen molar-refractivity contribution in [3.05, 3.63) is 52.0 Å². The molecule has 1 heterocycles. The molecule has 1 aromatic carbocycles. The summed E-state index contributed by atoms with van der Waals surface area (Å²) in [5, 5.41) is 10.4. The zero-order valence-electron chi connectivity index (χ0n) is 11.3. The van der Waals surface area contributed by atoms with Crippen molar-refractivity contribution in [3.63, 3.8) is 0 Å². The molecule has 19 heavy (non-hydrogen) atoms. The van der Waals surface area contributed by atoms with Crippen LogP contribution in [0.15, 0.2) is 36.0 Å². The van der Waals surface area contributed by atoms with Crippen LogP contribution >= 0.6 is 11.3 Å². The Balaban J connectivity index is 2.22. The van der Waals surface area contributed by atoms with Crippen LogP contribution in [-0.4, -0.2) is 16.6 Å². The van der Waals surface area contributed by atoms with Crippen LogP contribution in [0.4, 0.5) is 0 Å². The van der Waals surface area contributed by atoms with Gasteiger partial charge in [-0.25, -0.2) is 0 Å². The fourth-order valence-corrected chi connectivity index (χ4v) is 2.81. The third-order valence-corrected chi connectivity index (χ3v) is 4.26. The smallest absolute Gasteiger partial charge is 0.0978 e. The Morgan fingerprint density at radius 3 is 2.32 bits per heavy atom. The molecule has 3 N–H and O–H groups in total. The van der Waals surface area contributed by atoms with E-state index in [1.807, 2.05) is 0 Å². The van der Waals surface area contributed by atoms with Crippen molar-refractivity contribution in [1.82, 2.24) is 4.98 Å². The van der Waals surface area contributed by atoms with Crippen LogP contribution < -0.4 is 5.73 Å². The highest BCUT2D eigenvalue weighted by atomic mass is 32.1. The maximum absolute atomic E-state index is 10.4. The average molecular weight is 276 g/mol. The van der Waals surface area contributed by atoms with Gasteiger partial charge in [-0.3, -0.25) is 4.98 Å². The first-order chi connectivity index (χ1) is 9.13. The molecule has 0 saturated carbocycles. The van der Waals surface area contributed by atoms with Gasteiger partial charge in [0.25, 0.3) is 0 Å². The van der Waals surface area contributed by atoms with Crippen LogP contribution in [0.25, 0.3) is 0 Å². The molecule has 4 heteroatoms. The molecule has 102 valence electrons. The minimum Gasteiger partial charge on any atom is -0.387 e. The molecule has 0 aliphatic carbocycles. The maximum atomic E-state index is 10.4. The van der Waals surface area contributed by atoms with Gasteiger partial charge in [-0.05, 0) is 17.0 Å². The molecule has 0 bridgehead atoms. The largest absolute Gasteiger partial charge is 0.387 e. The Bertz CT molecular complexity index is 493. The summed E-state index contributed by atoms with van der Waals surface area (Å²) in [6.45, 7) is 4.75.